The van der Waals surface area contributed by atoms with Crippen molar-refractivity contribution in [2.24, 2.45) is 5.41 Å². The first-order valence-electron chi connectivity index (χ1n) is 11.5. The van der Waals surface area contributed by atoms with E-state index in [1.165, 1.54) is 10.2 Å². The second-order valence-corrected chi connectivity index (χ2v) is 11.9. The lowest BCUT2D eigenvalue weighted by Crippen LogP contribution is -2.12. The maximum absolute atomic E-state index is 13.6. The average molecular weight is 520 g/mol. The number of pyridine rings is 1. The summed E-state index contributed by atoms with van der Waals surface area (Å²) in [6, 6.07) is 10.2. The quantitative estimate of drug-likeness (QED) is 0.293. The van der Waals surface area contributed by atoms with Crippen molar-refractivity contribution in [3.8, 4) is 11.3 Å². The Labute approximate surface area is 213 Å². The molecule has 1 aliphatic rings. The molecule has 184 valence electrons. The lowest BCUT2D eigenvalue weighted by atomic mass is 9.83. The Balaban J connectivity index is 1.69. The van der Waals surface area contributed by atoms with Gasteiger partial charge >= 0.3 is 5.97 Å². The molecular formula is C27H25N3O4S2. The van der Waals surface area contributed by atoms with Gasteiger partial charge in [-0.1, -0.05) is 50.3 Å². The number of esters is 1. The molecule has 1 aliphatic carbocycles. The van der Waals surface area contributed by atoms with E-state index in [2.05, 4.69) is 42.0 Å². The molecule has 0 atom stereocenters. The van der Waals surface area contributed by atoms with Gasteiger partial charge in [-0.05, 0) is 42.5 Å². The molecule has 4 aromatic rings. The van der Waals surface area contributed by atoms with E-state index in [-0.39, 0.29) is 21.9 Å². The molecule has 0 fully saturated rings. The van der Waals surface area contributed by atoms with Crippen LogP contribution in [-0.4, -0.2) is 34.9 Å². The van der Waals surface area contributed by atoms with Crippen LogP contribution < -0.4 is 0 Å². The van der Waals surface area contributed by atoms with Crippen LogP contribution in [0.3, 0.4) is 0 Å². The second-order valence-electron chi connectivity index (χ2n) is 9.20. The summed E-state index contributed by atoms with van der Waals surface area (Å²) in [5.41, 5.74) is 3.35. The van der Waals surface area contributed by atoms with E-state index in [1.54, 1.807) is 48.8 Å². The highest BCUT2D eigenvalue weighted by atomic mass is 32.2. The molecule has 1 aromatic carbocycles. The summed E-state index contributed by atoms with van der Waals surface area (Å²) in [5, 5.41) is 2.57. The summed E-state index contributed by atoms with van der Waals surface area (Å²) in [5.74, 6) is -0.506. The molecule has 0 bridgehead atoms. The molecule has 0 N–H and O–H groups in total. The van der Waals surface area contributed by atoms with Gasteiger partial charge in [-0.2, -0.15) is 0 Å². The van der Waals surface area contributed by atoms with E-state index in [0.717, 1.165) is 28.9 Å². The van der Waals surface area contributed by atoms with Crippen LogP contribution >= 0.6 is 11.3 Å². The van der Waals surface area contributed by atoms with Gasteiger partial charge in [-0.15, -0.1) is 11.3 Å². The van der Waals surface area contributed by atoms with E-state index >= 15 is 0 Å². The van der Waals surface area contributed by atoms with Gasteiger partial charge in [0.25, 0.3) is 10.0 Å². The Morgan fingerprint density at radius 1 is 1.22 bits per heavy atom. The number of hydrogen-bond acceptors (Lipinski definition) is 7. The van der Waals surface area contributed by atoms with Crippen LogP contribution in [-0.2, 0) is 14.8 Å². The summed E-state index contributed by atoms with van der Waals surface area (Å²) in [6.07, 6.45) is 10.5. The van der Waals surface area contributed by atoms with Crippen LogP contribution in [0.2, 0.25) is 0 Å². The molecule has 0 aliphatic heterocycles. The molecular weight excluding hydrogens is 494 g/mol. The van der Waals surface area contributed by atoms with Gasteiger partial charge in [0, 0.05) is 34.3 Å². The Morgan fingerprint density at radius 2 is 2.00 bits per heavy atom. The van der Waals surface area contributed by atoms with Crippen LogP contribution in [0.15, 0.2) is 77.3 Å². The number of ether oxygens (including phenoxy) is 1. The monoisotopic (exact) mass is 519 g/mol. The predicted octanol–water partition coefficient (Wildman–Crippen LogP) is 5.94. The van der Waals surface area contributed by atoms with Crippen molar-refractivity contribution >= 4 is 43.9 Å². The average Bonchev–Trinajstić information content (AvgIpc) is 3.50. The summed E-state index contributed by atoms with van der Waals surface area (Å²) >= 11 is 1.16. The first-order valence-corrected chi connectivity index (χ1v) is 13.9. The first-order chi connectivity index (χ1) is 17.2. The number of carbonyl (C=O) groups is 1. The van der Waals surface area contributed by atoms with Gasteiger partial charge in [0.2, 0.25) is 5.01 Å². The molecule has 36 heavy (non-hydrogen) atoms. The Morgan fingerprint density at radius 3 is 2.69 bits per heavy atom. The summed E-state index contributed by atoms with van der Waals surface area (Å²) < 4.78 is 33.4. The van der Waals surface area contributed by atoms with Crippen molar-refractivity contribution in [2.45, 2.75) is 32.1 Å². The zero-order valence-corrected chi connectivity index (χ0v) is 21.8. The van der Waals surface area contributed by atoms with E-state index in [9.17, 15) is 13.2 Å². The van der Waals surface area contributed by atoms with Crippen molar-refractivity contribution < 1.29 is 17.9 Å². The molecule has 9 heteroatoms. The zero-order chi connectivity index (χ0) is 25.5. The third-order valence-electron chi connectivity index (χ3n) is 6.04. The number of benzene rings is 1. The fourth-order valence-corrected chi connectivity index (χ4v) is 6.11. The van der Waals surface area contributed by atoms with Gasteiger partial charge in [0.05, 0.1) is 17.2 Å². The summed E-state index contributed by atoms with van der Waals surface area (Å²) in [7, 11) is -3.91. The summed E-state index contributed by atoms with van der Waals surface area (Å²) in [4.78, 5) is 21.4. The largest absolute Gasteiger partial charge is 0.461 e. The summed E-state index contributed by atoms with van der Waals surface area (Å²) in [6.45, 7) is 6.33. The fraction of sp³-hybridized carbons (Fsp3) is 0.222. The number of nitrogens with zero attached hydrogens (tertiary/aromatic N) is 3. The Kier molecular flexibility index (Phi) is 6.13. The van der Waals surface area contributed by atoms with Crippen LogP contribution in [0.1, 0.15) is 42.6 Å². The maximum atomic E-state index is 13.6. The molecule has 0 saturated heterocycles. The number of allylic oxidation sites excluding steroid dienone is 4. The fourth-order valence-electron chi connectivity index (χ4n) is 4.05. The molecule has 0 saturated carbocycles. The number of thiazole rings is 1. The topological polar surface area (TPSA) is 91.1 Å². The zero-order valence-electron chi connectivity index (χ0n) is 20.1. The molecule has 7 nitrogen and oxygen atoms in total. The molecule has 5 rings (SSSR count). The highest BCUT2D eigenvalue weighted by Gasteiger charge is 2.25. The van der Waals surface area contributed by atoms with Crippen LogP contribution in [0.4, 0.5) is 0 Å². The van der Waals surface area contributed by atoms with Crippen molar-refractivity contribution in [1.29, 1.82) is 0 Å². The van der Waals surface area contributed by atoms with Crippen molar-refractivity contribution in [1.82, 2.24) is 13.9 Å². The predicted molar refractivity (Wildman–Crippen MR) is 141 cm³/mol. The minimum Gasteiger partial charge on any atom is -0.461 e. The molecule has 0 amide bonds. The lowest BCUT2D eigenvalue weighted by molar-refractivity contribution is 0.0526. The van der Waals surface area contributed by atoms with E-state index in [0.29, 0.717) is 22.3 Å². The minimum atomic E-state index is -3.91. The lowest BCUT2D eigenvalue weighted by Gasteiger charge is -2.22. The van der Waals surface area contributed by atoms with E-state index in [1.807, 2.05) is 6.07 Å². The van der Waals surface area contributed by atoms with Crippen LogP contribution in [0, 0.1) is 5.41 Å². The maximum Gasteiger partial charge on any atom is 0.367 e. The smallest absolute Gasteiger partial charge is 0.367 e. The Bertz CT molecular complexity index is 1630. The minimum absolute atomic E-state index is 0.0867. The number of carbonyl (C=O) groups excluding carboxylic acids is 1. The van der Waals surface area contributed by atoms with Crippen molar-refractivity contribution in [3.63, 3.8) is 0 Å². The van der Waals surface area contributed by atoms with Crippen molar-refractivity contribution in [2.75, 3.05) is 6.61 Å². The third kappa shape index (κ3) is 4.40. The SMILES string of the molecule is CCOC(=O)c1nc(-c2cn(S(=O)(=O)c3ccccc3)c3ncc(C4=CCC(C)(C)C=C4)cc23)cs1. The number of hydrogen-bond donors (Lipinski definition) is 0. The normalized spacial score (nSPS) is 15.1. The molecule has 0 spiro atoms. The number of rotatable bonds is 6. The third-order valence-corrected chi connectivity index (χ3v) is 8.52. The van der Waals surface area contributed by atoms with Gasteiger partial charge in [0.1, 0.15) is 0 Å². The molecule has 0 unspecified atom stereocenters. The Hall–Kier alpha value is -3.56. The van der Waals surface area contributed by atoms with Gasteiger partial charge in [-0.25, -0.2) is 27.2 Å². The van der Waals surface area contributed by atoms with Crippen LogP contribution in [0.5, 0.6) is 0 Å². The van der Waals surface area contributed by atoms with Crippen LogP contribution in [0.25, 0.3) is 27.9 Å². The highest BCUT2D eigenvalue weighted by Crippen LogP contribution is 2.36. The van der Waals surface area contributed by atoms with Gasteiger partial charge in [0.15, 0.2) is 5.65 Å². The van der Waals surface area contributed by atoms with E-state index in [4.69, 9.17) is 4.74 Å². The standard InChI is InChI=1S/C27H25N3O4S2/c1-4-34-26(31)25-29-23(17-35-25)22-16-30(36(32,33)20-8-6-5-7-9-20)24-21(22)14-19(15-28-24)18-10-12-27(2,3)13-11-18/h5-12,14-17H,4,13H2,1-3H3. The molecule has 3 heterocycles. The number of aromatic nitrogens is 3. The van der Waals surface area contributed by atoms with E-state index < -0.39 is 16.0 Å². The highest BCUT2D eigenvalue weighted by molar-refractivity contribution is 7.90. The van der Waals surface area contributed by atoms with Crippen molar-refractivity contribution in [3.05, 3.63) is 83.0 Å². The molecule has 3 aromatic heterocycles. The molecule has 0 radical (unpaired) electrons. The first kappa shape index (κ1) is 24.1. The van der Waals surface area contributed by atoms with Gasteiger partial charge in [-0.3, -0.25) is 0 Å². The number of fused-ring (bicyclic) bond motifs is 1. The second kappa shape index (κ2) is 9.15. The van der Waals surface area contributed by atoms with Gasteiger partial charge < -0.3 is 4.74 Å².